The van der Waals surface area contributed by atoms with Crippen LogP contribution in [0.5, 0.6) is 0 Å². The highest BCUT2D eigenvalue weighted by atomic mass is 35.5. The lowest BCUT2D eigenvalue weighted by molar-refractivity contribution is 0.164. The quantitative estimate of drug-likeness (QED) is 0.840. The van der Waals surface area contributed by atoms with Gasteiger partial charge in [0.25, 0.3) is 0 Å². The minimum Gasteiger partial charge on any atom is -0.399 e. The molecule has 1 aromatic carbocycles. The van der Waals surface area contributed by atoms with Gasteiger partial charge in [-0.25, -0.2) is 0 Å². The van der Waals surface area contributed by atoms with Crippen molar-refractivity contribution in [1.29, 1.82) is 0 Å². The molecule has 0 aromatic heterocycles. The van der Waals surface area contributed by atoms with Crippen molar-refractivity contribution >= 4 is 17.3 Å². The van der Waals surface area contributed by atoms with Crippen molar-refractivity contribution in [2.75, 3.05) is 12.8 Å². The normalized spacial score (nSPS) is 24.4. The molecule has 0 unspecified atom stereocenters. The first-order valence-corrected chi connectivity index (χ1v) is 7.18. The smallest absolute Gasteiger partial charge is 0.0471 e. The van der Waals surface area contributed by atoms with E-state index >= 15 is 0 Å². The summed E-state index contributed by atoms with van der Waals surface area (Å²) in [6, 6.07) is 6.51. The second-order valence-corrected chi connectivity index (χ2v) is 6.09. The van der Waals surface area contributed by atoms with E-state index in [1.165, 1.54) is 31.2 Å². The molecule has 2 rings (SSSR count). The Balaban J connectivity index is 1.96. The molecule has 100 valence electrons. The lowest BCUT2D eigenvalue weighted by atomic mass is 9.86. The first-order valence-electron chi connectivity index (χ1n) is 6.80. The van der Waals surface area contributed by atoms with Crippen molar-refractivity contribution in [1.82, 2.24) is 4.90 Å². The highest BCUT2D eigenvalue weighted by molar-refractivity contribution is 6.31. The van der Waals surface area contributed by atoms with E-state index in [1.807, 2.05) is 18.2 Å². The van der Waals surface area contributed by atoms with Crippen LogP contribution in [-0.4, -0.2) is 18.0 Å². The highest BCUT2D eigenvalue weighted by Gasteiger charge is 2.21. The summed E-state index contributed by atoms with van der Waals surface area (Å²) in [4.78, 5) is 2.43. The molecular weight excluding hydrogens is 244 g/mol. The molecule has 3 heteroatoms. The number of rotatable bonds is 3. The fourth-order valence-electron chi connectivity index (χ4n) is 2.77. The summed E-state index contributed by atoms with van der Waals surface area (Å²) < 4.78 is 0. The van der Waals surface area contributed by atoms with Gasteiger partial charge in [0.2, 0.25) is 0 Å². The van der Waals surface area contributed by atoms with Crippen molar-refractivity contribution in [3.63, 3.8) is 0 Å². The van der Waals surface area contributed by atoms with Crippen molar-refractivity contribution in [3.8, 4) is 0 Å². The Hall–Kier alpha value is -0.730. The number of hydrogen-bond donors (Lipinski definition) is 1. The number of halogens is 1. The Kier molecular flexibility index (Phi) is 4.52. The van der Waals surface area contributed by atoms with Gasteiger partial charge in [0, 0.05) is 23.3 Å². The molecule has 1 aromatic rings. The van der Waals surface area contributed by atoms with Crippen LogP contribution >= 0.6 is 11.6 Å². The Morgan fingerprint density at radius 3 is 2.56 bits per heavy atom. The lowest BCUT2D eigenvalue weighted by Crippen LogP contribution is -2.34. The van der Waals surface area contributed by atoms with Gasteiger partial charge < -0.3 is 5.73 Å². The summed E-state index contributed by atoms with van der Waals surface area (Å²) in [7, 11) is 2.20. The minimum atomic E-state index is 0.704. The highest BCUT2D eigenvalue weighted by Crippen LogP contribution is 2.28. The maximum Gasteiger partial charge on any atom is 0.0471 e. The number of nitrogen functional groups attached to an aromatic ring is 1. The van der Waals surface area contributed by atoms with Gasteiger partial charge in [0.15, 0.2) is 0 Å². The predicted octanol–water partition coefficient (Wildman–Crippen LogP) is 3.93. The van der Waals surface area contributed by atoms with Gasteiger partial charge in [-0.15, -0.1) is 0 Å². The van der Waals surface area contributed by atoms with Crippen molar-refractivity contribution in [3.05, 3.63) is 28.8 Å². The largest absolute Gasteiger partial charge is 0.399 e. The number of anilines is 1. The van der Waals surface area contributed by atoms with E-state index in [-0.39, 0.29) is 0 Å². The second-order valence-electron chi connectivity index (χ2n) is 5.68. The summed E-state index contributed by atoms with van der Waals surface area (Å²) in [6.07, 6.45) is 5.32. The van der Waals surface area contributed by atoms with Gasteiger partial charge in [-0.3, -0.25) is 4.90 Å². The van der Waals surface area contributed by atoms with Gasteiger partial charge in [0.05, 0.1) is 0 Å². The van der Waals surface area contributed by atoms with Crippen LogP contribution in [0.1, 0.15) is 38.2 Å². The summed E-state index contributed by atoms with van der Waals surface area (Å²) in [5.74, 6) is 0.898. The topological polar surface area (TPSA) is 29.3 Å². The molecule has 0 heterocycles. The Bertz CT molecular complexity index is 397. The number of nitrogens with two attached hydrogens (primary N) is 1. The molecule has 1 aliphatic carbocycles. The molecule has 0 saturated heterocycles. The van der Waals surface area contributed by atoms with Crippen molar-refractivity contribution in [2.24, 2.45) is 5.92 Å². The zero-order chi connectivity index (χ0) is 13.1. The van der Waals surface area contributed by atoms with Gasteiger partial charge in [-0.2, -0.15) is 0 Å². The molecule has 1 saturated carbocycles. The molecule has 1 fully saturated rings. The van der Waals surface area contributed by atoms with E-state index in [2.05, 4.69) is 18.9 Å². The molecule has 0 amide bonds. The van der Waals surface area contributed by atoms with Crippen LogP contribution in [0, 0.1) is 5.92 Å². The fourth-order valence-corrected chi connectivity index (χ4v) is 3.02. The fraction of sp³-hybridized carbons (Fsp3) is 0.600. The average Bonchev–Trinajstić information content (AvgIpc) is 2.33. The van der Waals surface area contributed by atoms with E-state index in [0.717, 1.165) is 23.2 Å². The van der Waals surface area contributed by atoms with Gasteiger partial charge in [-0.1, -0.05) is 24.6 Å². The monoisotopic (exact) mass is 266 g/mol. The number of hydrogen-bond acceptors (Lipinski definition) is 2. The Morgan fingerprint density at radius 1 is 1.28 bits per heavy atom. The standard InChI is InChI=1S/C15H23ClN2/c1-11-3-7-14(8-4-11)18(2)10-12-5-6-13(17)9-15(12)16/h5-6,9,11,14H,3-4,7-8,10,17H2,1-2H3. The second kappa shape index (κ2) is 5.94. The van der Waals surface area contributed by atoms with E-state index < -0.39 is 0 Å². The first kappa shape index (κ1) is 13.7. The first-order chi connectivity index (χ1) is 8.56. The third kappa shape index (κ3) is 3.39. The molecule has 0 aliphatic heterocycles. The van der Waals surface area contributed by atoms with Crippen LogP contribution in [0.25, 0.3) is 0 Å². The molecule has 0 bridgehead atoms. The van der Waals surface area contributed by atoms with E-state index in [1.54, 1.807) is 0 Å². The molecule has 0 spiro atoms. The van der Waals surface area contributed by atoms with Crippen LogP contribution in [0.2, 0.25) is 5.02 Å². The third-order valence-electron chi connectivity index (χ3n) is 4.11. The van der Waals surface area contributed by atoms with E-state index in [9.17, 15) is 0 Å². The van der Waals surface area contributed by atoms with E-state index in [4.69, 9.17) is 17.3 Å². The Morgan fingerprint density at radius 2 is 1.94 bits per heavy atom. The maximum absolute atomic E-state index is 6.23. The molecule has 18 heavy (non-hydrogen) atoms. The van der Waals surface area contributed by atoms with Crippen LogP contribution in [0.3, 0.4) is 0 Å². The molecular formula is C15H23ClN2. The average molecular weight is 267 g/mol. The third-order valence-corrected chi connectivity index (χ3v) is 4.46. The minimum absolute atomic E-state index is 0.704. The molecule has 2 nitrogen and oxygen atoms in total. The van der Waals surface area contributed by atoms with Gasteiger partial charge >= 0.3 is 0 Å². The van der Waals surface area contributed by atoms with Gasteiger partial charge in [0.1, 0.15) is 0 Å². The lowest BCUT2D eigenvalue weighted by Gasteiger charge is -2.33. The number of nitrogens with zero attached hydrogens (tertiary/aromatic N) is 1. The molecule has 0 atom stereocenters. The number of benzene rings is 1. The van der Waals surface area contributed by atoms with E-state index in [0.29, 0.717) is 6.04 Å². The zero-order valence-electron chi connectivity index (χ0n) is 11.3. The molecule has 2 N–H and O–H groups in total. The Labute approximate surface area is 115 Å². The van der Waals surface area contributed by atoms with Gasteiger partial charge in [-0.05, 0) is 56.3 Å². The van der Waals surface area contributed by atoms with Crippen molar-refractivity contribution < 1.29 is 0 Å². The summed E-state index contributed by atoms with van der Waals surface area (Å²) in [5.41, 5.74) is 7.63. The van der Waals surface area contributed by atoms with Crippen LogP contribution in [0.15, 0.2) is 18.2 Å². The maximum atomic E-state index is 6.23. The van der Waals surface area contributed by atoms with Crippen LogP contribution in [-0.2, 0) is 6.54 Å². The SMILES string of the molecule is CC1CCC(N(C)Cc2ccc(N)cc2Cl)CC1. The summed E-state index contributed by atoms with van der Waals surface area (Å²) in [5, 5.41) is 0.783. The summed E-state index contributed by atoms with van der Waals surface area (Å²) in [6.45, 7) is 3.27. The summed E-state index contributed by atoms with van der Waals surface area (Å²) >= 11 is 6.23. The predicted molar refractivity (Wildman–Crippen MR) is 78.8 cm³/mol. The van der Waals surface area contributed by atoms with Crippen LogP contribution < -0.4 is 5.73 Å². The zero-order valence-corrected chi connectivity index (χ0v) is 12.1. The molecule has 1 aliphatic rings. The van der Waals surface area contributed by atoms with Crippen LogP contribution in [0.4, 0.5) is 5.69 Å². The van der Waals surface area contributed by atoms with Crippen molar-refractivity contribution in [2.45, 2.75) is 45.2 Å². The molecule has 0 radical (unpaired) electrons.